The number of amides is 3. The normalized spacial score (nSPS) is 17.0. The Morgan fingerprint density at radius 3 is 2.42 bits per heavy atom. The average molecular weight is 609 g/mol. The van der Waals surface area contributed by atoms with Crippen LogP contribution in [0.1, 0.15) is 64.9 Å². The number of nitrogens with one attached hydrogen (secondary N) is 2. The first kappa shape index (κ1) is 32.3. The van der Waals surface area contributed by atoms with Crippen LogP contribution in [0.2, 0.25) is 0 Å². The van der Waals surface area contributed by atoms with Crippen molar-refractivity contribution >= 4 is 34.7 Å². The summed E-state index contributed by atoms with van der Waals surface area (Å²) in [4.78, 5) is 42.4. The molecule has 1 saturated heterocycles. The number of rotatable bonds is 13. The number of halogens is 1. The Morgan fingerprint density at radius 2 is 1.72 bits per heavy atom. The molecule has 2 heterocycles. The number of nitrogens with two attached hydrogens (primary N) is 1. The second-order valence-corrected chi connectivity index (χ2v) is 12.5. The number of carbonyl (C=O) groups excluding carboxylic acids is 3. The third kappa shape index (κ3) is 9.19. The molecule has 2 aromatic carbocycles. The largest absolute Gasteiger partial charge is 0.377 e. The molecule has 0 spiro atoms. The van der Waals surface area contributed by atoms with Crippen molar-refractivity contribution in [2.24, 2.45) is 11.7 Å². The molecule has 230 valence electrons. The minimum Gasteiger partial charge on any atom is -0.377 e. The molecule has 3 amide bonds. The van der Waals surface area contributed by atoms with E-state index in [0.717, 1.165) is 18.4 Å². The van der Waals surface area contributed by atoms with Crippen LogP contribution in [0.15, 0.2) is 66.7 Å². The summed E-state index contributed by atoms with van der Waals surface area (Å²) >= 11 is 1.17. The lowest BCUT2D eigenvalue weighted by molar-refractivity contribution is -0.119. The van der Waals surface area contributed by atoms with Crippen molar-refractivity contribution in [2.75, 3.05) is 18.5 Å². The van der Waals surface area contributed by atoms with E-state index in [-0.39, 0.29) is 35.7 Å². The minimum absolute atomic E-state index is 0.0322. The number of likely N-dealkylation sites (tertiary alicyclic amines) is 1. The number of nitrogens with zero attached hydrogens (tertiary/aromatic N) is 1. The third-order valence-electron chi connectivity index (χ3n) is 7.62. The molecule has 1 fully saturated rings. The van der Waals surface area contributed by atoms with Gasteiger partial charge in [-0.05, 0) is 81.5 Å². The van der Waals surface area contributed by atoms with Crippen molar-refractivity contribution in [2.45, 2.75) is 70.7 Å². The second kappa shape index (κ2) is 15.2. The summed E-state index contributed by atoms with van der Waals surface area (Å²) in [6.07, 6.45) is 2.71. The Labute approximate surface area is 256 Å². The quantitative estimate of drug-likeness (QED) is 0.245. The highest BCUT2D eigenvalue weighted by molar-refractivity contribution is 7.15. The van der Waals surface area contributed by atoms with Gasteiger partial charge in [0.2, 0.25) is 5.91 Å². The van der Waals surface area contributed by atoms with E-state index in [1.54, 1.807) is 19.1 Å². The Hall–Kier alpha value is -3.60. The molecule has 4 rings (SSSR count). The van der Waals surface area contributed by atoms with Crippen LogP contribution in [0.4, 0.5) is 10.1 Å². The molecule has 0 radical (unpaired) electrons. The van der Waals surface area contributed by atoms with Gasteiger partial charge >= 0.3 is 0 Å². The number of carbonyl (C=O) groups is 3. The summed E-state index contributed by atoms with van der Waals surface area (Å²) in [6.45, 7) is 6.90. The number of benzene rings is 2. The van der Waals surface area contributed by atoms with Crippen molar-refractivity contribution in [3.8, 4) is 0 Å². The molecule has 3 aromatic rings. The number of hydrogen-bond donors (Lipinski definition) is 3. The van der Waals surface area contributed by atoms with Crippen molar-refractivity contribution < 1.29 is 23.5 Å². The van der Waals surface area contributed by atoms with Gasteiger partial charge in [0.05, 0.1) is 28.5 Å². The highest BCUT2D eigenvalue weighted by atomic mass is 32.1. The standard InChI is InChI=1S/C33H41FN4O4S/c1-21(2)42-20-26-10-7-17-38(26)33(41)30-16-15-29(43-30)32(40)37-28(19-23-8-5-4-6-9-23)27(35)18-22(3)31(39)36-25-13-11-24(34)12-14-25/h4-6,8-9,11-16,21-22,26-28H,7,10,17-20,35H2,1-3H3,(H,36,39)(H,37,40)/t22-,26-,27+,28+/m1/s1. The van der Waals surface area contributed by atoms with E-state index in [1.807, 2.05) is 49.1 Å². The van der Waals surface area contributed by atoms with Crippen molar-refractivity contribution in [1.82, 2.24) is 10.2 Å². The average Bonchev–Trinajstić information content (AvgIpc) is 3.67. The third-order valence-corrected chi connectivity index (χ3v) is 8.69. The van der Waals surface area contributed by atoms with Gasteiger partial charge in [-0.2, -0.15) is 0 Å². The molecule has 8 nitrogen and oxygen atoms in total. The molecule has 0 saturated carbocycles. The van der Waals surface area contributed by atoms with Crippen molar-refractivity contribution in [3.05, 3.63) is 87.9 Å². The SMILES string of the molecule is CC(C)OC[C@H]1CCCN1C(=O)c1ccc(C(=O)N[C@@H](Cc2ccccc2)[C@@H](N)C[C@@H](C)C(=O)Nc2ccc(F)cc2)s1. The Kier molecular flexibility index (Phi) is 11.4. The smallest absolute Gasteiger partial charge is 0.264 e. The fraction of sp³-hybridized carbons (Fsp3) is 0.424. The lowest BCUT2D eigenvalue weighted by Crippen LogP contribution is -2.50. The van der Waals surface area contributed by atoms with E-state index >= 15 is 0 Å². The molecule has 0 aliphatic carbocycles. The van der Waals surface area contributed by atoms with E-state index in [4.69, 9.17) is 10.5 Å². The Bertz CT molecular complexity index is 1360. The molecular formula is C33H41FN4O4S. The van der Waals surface area contributed by atoms with Gasteiger partial charge in [0.25, 0.3) is 11.8 Å². The van der Waals surface area contributed by atoms with Crippen LogP contribution in [0, 0.1) is 11.7 Å². The highest BCUT2D eigenvalue weighted by Gasteiger charge is 2.31. The van der Waals surface area contributed by atoms with E-state index in [9.17, 15) is 18.8 Å². The monoisotopic (exact) mass is 608 g/mol. The summed E-state index contributed by atoms with van der Waals surface area (Å²) in [5.74, 6) is -1.49. The summed E-state index contributed by atoms with van der Waals surface area (Å²) < 4.78 is 19.0. The van der Waals surface area contributed by atoms with Crippen LogP contribution in [0.5, 0.6) is 0 Å². The van der Waals surface area contributed by atoms with Crippen molar-refractivity contribution in [3.63, 3.8) is 0 Å². The van der Waals surface area contributed by atoms with Gasteiger partial charge in [-0.15, -0.1) is 11.3 Å². The van der Waals surface area contributed by atoms with Crippen LogP contribution in [0.3, 0.4) is 0 Å². The van der Waals surface area contributed by atoms with Gasteiger partial charge in [0.15, 0.2) is 0 Å². The number of hydrogen-bond acceptors (Lipinski definition) is 6. The summed E-state index contributed by atoms with van der Waals surface area (Å²) in [6, 6.07) is 17.7. The zero-order valence-corrected chi connectivity index (χ0v) is 25.7. The first-order chi connectivity index (χ1) is 20.6. The Morgan fingerprint density at radius 1 is 1.02 bits per heavy atom. The molecule has 43 heavy (non-hydrogen) atoms. The van der Waals surface area contributed by atoms with Crippen LogP contribution < -0.4 is 16.4 Å². The fourth-order valence-corrected chi connectivity index (χ4v) is 6.06. The predicted octanol–water partition coefficient (Wildman–Crippen LogP) is 5.25. The maximum atomic E-state index is 13.4. The van der Waals surface area contributed by atoms with Crippen LogP contribution in [-0.4, -0.2) is 60.0 Å². The molecular weight excluding hydrogens is 567 g/mol. The molecule has 1 aliphatic heterocycles. The van der Waals surface area contributed by atoms with Crippen LogP contribution >= 0.6 is 11.3 Å². The molecule has 0 unspecified atom stereocenters. The van der Waals surface area contributed by atoms with E-state index in [0.29, 0.717) is 41.4 Å². The number of thiophene rings is 1. The maximum absolute atomic E-state index is 13.4. The van der Waals surface area contributed by atoms with Crippen molar-refractivity contribution in [1.29, 1.82) is 0 Å². The summed E-state index contributed by atoms with van der Waals surface area (Å²) in [5, 5.41) is 5.87. The van der Waals surface area contributed by atoms with Gasteiger partial charge in [-0.1, -0.05) is 37.3 Å². The van der Waals surface area contributed by atoms with Gasteiger partial charge in [-0.25, -0.2) is 4.39 Å². The van der Waals surface area contributed by atoms with E-state index in [2.05, 4.69) is 10.6 Å². The summed E-state index contributed by atoms with van der Waals surface area (Å²) in [7, 11) is 0. The van der Waals surface area contributed by atoms with Gasteiger partial charge < -0.3 is 26.0 Å². The zero-order valence-electron chi connectivity index (χ0n) is 24.9. The lowest BCUT2D eigenvalue weighted by Gasteiger charge is -2.27. The van der Waals surface area contributed by atoms with E-state index in [1.165, 1.54) is 35.6 Å². The molecule has 4 N–H and O–H groups in total. The first-order valence-corrected chi connectivity index (χ1v) is 15.6. The lowest BCUT2D eigenvalue weighted by atomic mass is 9.92. The van der Waals surface area contributed by atoms with Gasteiger partial charge in [0, 0.05) is 30.2 Å². The fourth-order valence-electron chi connectivity index (χ4n) is 5.19. The topological polar surface area (TPSA) is 114 Å². The Balaban J connectivity index is 1.41. The van der Waals surface area contributed by atoms with Crippen LogP contribution in [-0.2, 0) is 16.0 Å². The number of anilines is 1. The molecule has 0 bridgehead atoms. The maximum Gasteiger partial charge on any atom is 0.264 e. The predicted molar refractivity (Wildman–Crippen MR) is 168 cm³/mol. The first-order valence-electron chi connectivity index (χ1n) is 14.8. The minimum atomic E-state index is -0.537. The van der Waals surface area contributed by atoms with Gasteiger partial charge in [0.1, 0.15) is 5.82 Å². The van der Waals surface area contributed by atoms with Crippen LogP contribution in [0.25, 0.3) is 0 Å². The zero-order chi connectivity index (χ0) is 30.9. The van der Waals surface area contributed by atoms with E-state index < -0.39 is 18.0 Å². The molecule has 1 aliphatic rings. The highest BCUT2D eigenvalue weighted by Crippen LogP contribution is 2.25. The molecule has 4 atom stereocenters. The second-order valence-electron chi connectivity index (χ2n) is 11.4. The van der Waals surface area contributed by atoms with Gasteiger partial charge in [-0.3, -0.25) is 14.4 Å². The summed E-state index contributed by atoms with van der Waals surface area (Å²) in [5.41, 5.74) is 8.13. The molecule has 10 heteroatoms. The number of ether oxygens (including phenoxy) is 1. The molecule has 1 aromatic heterocycles.